The van der Waals surface area contributed by atoms with Gasteiger partial charge in [0.05, 0.1) is 10.5 Å². The van der Waals surface area contributed by atoms with Crippen molar-refractivity contribution < 1.29 is 19.2 Å². The fraction of sp³-hybridized carbons (Fsp3) is 0. The van der Waals surface area contributed by atoms with Crippen LogP contribution in [-0.4, -0.2) is 26.0 Å². The van der Waals surface area contributed by atoms with Crippen LogP contribution < -0.4 is 11.2 Å². The summed E-state index contributed by atoms with van der Waals surface area (Å²) in [5.74, 6) is -0.415. The zero-order chi connectivity index (χ0) is 19.6. The number of aromatic amines is 2. The molecule has 3 N–H and O–H groups in total. The molecule has 0 saturated carbocycles. The first-order valence-corrected chi connectivity index (χ1v) is 7.48. The van der Waals surface area contributed by atoms with Crippen molar-refractivity contribution in [2.45, 2.75) is 0 Å². The molecule has 136 valence electrons. The van der Waals surface area contributed by atoms with Gasteiger partial charge in [-0.05, 0) is 36.4 Å². The lowest BCUT2D eigenvalue weighted by molar-refractivity contribution is -0.386. The van der Waals surface area contributed by atoms with Gasteiger partial charge in [0.1, 0.15) is 17.2 Å². The number of aromatic carboxylic acids is 1. The maximum atomic E-state index is 11.6. The average molecular weight is 369 g/mol. The lowest BCUT2D eigenvalue weighted by Crippen LogP contribution is -2.25. The topological polar surface area (TPSA) is 159 Å². The second kappa shape index (κ2) is 6.96. The number of nitrogens with one attached hydrogen (secondary N) is 2. The van der Waals surface area contributed by atoms with Crippen molar-refractivity contribution >= 4 is 23.8 Å². The minimum atomic E-state index is -1.12. The summed E-state index contributed by atoms with van der Waals surface area (Å²) in [5, 5.41) is 20.0. The molecule has 3 aromatic rings. The van der Waals surface area contributed by atoms with Gasteiger partial charge in [0, 0.05) is 5.56 Å². The highest BCUT2D eigenvalue weighted by Gasteiger charge is 2.19. The van der Waals surface area contributed by atoms with Gasteiger partial charge in [-0.25, -0.2) is 9.59 Å². The Kier molecular flexibility index (Phi) is 4.54. The fourth-order valence-electron chi connectivity index (χ4n) is 2.37. The molecule has 0 aliphatic rings. The molecule has 0 fully saturated rings. The second-order valence-electron chi connectivity index (χ2n) is 5.35. The van der Waals surface area contributed by atoms with E-state index in [1.807, 2.05) is 0 Å². The van der Waals surface area contributed by atoms with Crippen LogP contribution in [0.25, 0.3) is 23.5 Å². The normalized spacial score (nSPS) is 11.0. The molecule has 1 aromatic carbocycles. The summed E-state index contributed by atoms with van der Waals surface area (Å²) in [7, 11) is 0. The molecule has 0 amide bonds. The Morgan fingerprint density at radius 1 is 1.15 bits per heavy atom. The fourth-order valence-corrected chi connectivity index (χ4v) is 2.37. The van der Waals surface area contributed by atoms with E-state index in [1.165, 1.54) is 24.3 Å². The predicted molar refractivity (Wildman–Crippen MR) is 94.4 cm³/mol. The minimum Gasteiger partial charge on any atom is -0.478 e. The molecule has 0 unspecified atom stereocenters. The van der Waals surface area contributed by atoms with Crippen molar-refractivity contribution in [3.8, 4) is 11.3 Å². The Morgan fingerprint density at radius 2 is 1.93 bits per heavy atom. The van der Waals surface area contributed by atoms with Crippen LogP contribution in [0.3, 0.4) is 0 Å². The Balaban J connectivity index is 1.94. The molecular formula is C17H11N3O7. The average Bonchev–Trinajstić information content (AvgIpc) is 3.08. The van der Waals surface area contributed by atoms with Crippen LogP contribution in [0.5, 0.6) is 0 Å². The number of carboxylic acids is 1. The largest absolute Gasteiger partial charge is 0.478 e. The van der Waals surface area contributed by atoms with Crippen LogP contribution in [0.1, 0.15) is 21.8 Å². The summed E-state index contributed by atoms with van der Waals surface area (Å²) >= 11 is 0. The number of rotatable bonds is 5. The van der Waals surface area contributed by atoms with Crippen LogP contribution >= 0.6 is 0 Å². The summed E-state index contributed by atoms with van der Waals surface area (Å²) in [6, 6.07) is 9.26. The zero-order valence-corrected chi connectivity index (χ0v) is 13.5. The summed E-state index contributed by atoms with van der Waals surface area (Å²) < 4.78 is 5.56. The van der Waals surface area contributed by atoms with Gasteiger partial charge in [0.25, 0.3) is 0 Å². The molecule has 3 rings (SSSR count). The van der Waals surface area contributed by atoms with Crippen molar-refractivity contribution in [3.63, 3.8) is 0 Å². The van der Waals surface area contributed by atoms with E-state index in [9.17, 15) is 24.5 Å². The van der Waals surface area contributed by atoms with Gasteiger partial charge in [-0.1, -0.05) is 12.1 Å². The molecule has 0 radical (unpaired) electrons. The third kappa shape index (κ3) is 3.74. The van der Waals surface area contributed by atoms with Crippen molar-refractivity contribution in [1.29, 1.82) is 0 Å². The molecule has 2 aromatic heterocycles. The molecule has 0 saturated heterocycles. The number of H-pyrrole nitrogens is 2. The smallest absolute Gasteiger partial charge is 0.357 e. The first-order chi connectivity index (χ1) is 12.8. The Morgan fingerprint density at radius 3 is 2.63 bits per heavy atom. The quantitative estimate of drug-likeness (QED) is 0.458. The first-order valence-electron chi connectivity index (χ1n) is 7.48. The van der Waals surface area contributed by atoms with Gasteiger partial charge < -0.3 is 14.5 Å². The number of benzene rings is 1. The number of aromatic nitrogens is 2. The summed E-state index contributed by atoms with van der Waals surface area (Å²) in [6.45, 7) is 0. The number of carboxylic acid groups (broad SMARTS) is 1. The van der Waals surface area contributed by atoms with E-state index in [0.717, 1.165) is 0 Å². The van der Waals surface area contributed by atoms with Gasteiger partial charge in [0.15, 0.2) is 0 Å². The van der Waals surface area contributed by atoms with Gasteiger partial charge in [-0.2, -0.15) is 0 Å². The SMILES string of the molecule is O=C(O)c1cccc(-c2ccc(/C=C\c3[nH]c(=O)[nH]c(=O)c3[N+](=O)[O-])o2)c1. The number of nitrogens with zero attached hydrogens (tertiary/aromatic N) is 1. The molecule has 0 bridgehead atoms. The Bertz CT molecular complexity index is 1180. The van der Waals surface area contributed by atoms with E-state index in [0.29, 0.717) is 11.3 Å². The molecular weight excluding hydrogens is 358 g/mol. The third-order valence-corrected chi connectivity index (χ3v) is 3.56. The summed E-state index contributed by atoms with van der Waals surface area (Å²) in [5.41, 5.74) is -2.45. The lowest BCUT2D eigenvalue weighted by Gasteiger charge is -1.99. The van der Waals surface area contributed by atoms with Crippen LogP contribution in [0, 0.1) is 10.1 Å². The van der Waals surface area contributed by atoms with Gasteiger partial charge in [-0.15, -0.1) is 0 Å². The molecule has 10 heteroatoms. The van der Waals surface area contributed by atoms with Crippen LogP contribution in [0.2, 0.25) is 0 Å². The van der Waals surface area contributed by atoms with E-state index in [2.05, 4.69) is 4.98 Å². The maximum Gasteiger partial charge on any atom is 0.357 e. The number of hydrogen-bond donors (Lipinski definition) is 3. The molecule has 0 aliphatic carbocycles. The molecule has 0 atom stereocenters. The van der Waals surface area contributed by atoms with Crippen molar-refractivity contribution in [2.75, 3.05) is 0 Å². The summed E-state index contributed by atoms with van der Waals surface area (Å²) in [4.78, 5) is 48.0. The van der Waals surface area contributed by atoms with E-state index in [4.69, 9.17) is 9.52 Å². The molecule has 0 spiro atoms. The van der Waals surface area contributed by atoms with E-state index >= 15 is 0 Å². The number of hydrogen-bond acceptors (Lipinski definition) is 6. The zero-order valence-electron chi connectivity index (χ0n) is 13.5. The highest BCUT2D eigenvalue weighted by Crippen LogP contribution is 2.24. The summed E-state index contributed by atoms with van der Waals surface area (Å²) in [6.07, 6.45) is 2.51. The monoisotopic (exact) mass is 369 g/mol. The van der Waals surface area contributed by atoms with Crippen molar-refractivity contribution in [1.82, 2.24) is 9.97 Å². The van der Waals surface area contributed by atoms with Crippen LogP contribution in [-0.2, 0) is 0 Å². The molecule has 10 nitrogen and oxygen atoms in total. The van der Waals surface area contributed by atoms with E-state index in [1.54, 1.807) is 29.2 Å². The third-order valence-electron chi connectivity index (χ3n) is 3.56. The second-order valence-corrected chi connectivity index (χ2v) is 5.35. The van der Waals surface area contributed by atoms with Gasteiger partial charge >= 0.3 is 22.9 Å². The highest BCUT2D eigenvalue weighted by molar-refractivity contribution is 5.89. The standard InChI is InChI=1S/C17H11N3O7/c21-15-14(20(25)26)12(18-17(24)19-15)6-4-11-5-7-13(27-11)9-2-1-3-10(8-9)16(22)23/h1-8H,(H,22,23)(H2,18,19,21,24)/b6-4-. The Hall–Kier alpha value is -4.21. The van der Waals surface area contributed by atoms with Crippen LogP contribution in [0.15, 0.2) is 50.4 Å². The molecule has 27 heavy (non-hydrogen) atoms. The minimum absolute atomic E-state index is 0.0951. The maximum absolute atomic E-state index is 11.6. The van der Waals surface area contributed by atoms with Crippen LogP contribution in [0.4, 0.5) is 5.69 Å². The Labute approximate surface area is 149 Å². The molecule has 0 aliphatic heterocycles. The highest BCUT2D eigenvalue weighted by atomic mass is 16.6. The van der Waals surface area contributed by atoms with Crippen molar-refractivity contribution in [3.05, 3.63) is 84.4 Å². The number of furan rings is 1. The predicted octanol–water partition coefficient (Wildman–Crippen LogP) is 2.10. The lowest BCUT2D eigenvalue weighted by atomic mass is 10.1. The number of nitro groups is 1. The van der Waals surface area contributed by atoms with E-state index in [-0.39, 0.29) is 17.0 Å². The van der Waals surface area contributed by atoms with Gasteiger partial charge in [-0.3, -0.25) is 19.9 Å². The van der Waals surface area contributed by atoms with E-state index < -0.39 is 27.8 Å². The van der Waals surface area contributed by atoms with Gasteiger partial charge in [0.2, 0.25) is 0 Å². The molecule has 2 heterocycles. The first kappa shape index (κ1) is 17.6. The number of carbonyl (C=O) groups is 1. The van der Waals surface area contributed by atoms with Crippen molar-refractivity contribution in [2.24, 2.45) is 0 Å².